The Morgan fingerprint density at radius 2 is 0.872 bits per heavy atom. The number of para-hydroxylation sites is 1. The summed E-state index contributed by atoms with van der Waals surface area (Å²) in [4.78, 5) is 0. The second kappa shape index (κ2) is 8.72. The lowest BCUT2D eigenvalue weighted by molar-refractivity contribution is 0.669. The maximum atomic E-state index is 9.21. The molecule has 8 rings (SSSR count). The van der Waals surface area contributed by atoms with Gasteiger partial charge in [-0.2, -0.15) is 0 Å². The number of hydrogen-bond acceptors (Lipinski definition) is 1. The molecule has 0 amide bonds. The topological polar surface area (TPSA) is 13.1 Å². The minimum atomic E-state index is -0.611. The molecule has 0 unspecified atom stereocenters. The number of furan rings is 1. The first-order valence-electron chi connectivity index (χ1n) is 17.1. The van der Waals surface area contributed by atoms with Crippen molar-refractivity contribution in [2.24, 2.45) is 0 Å². The van der Waals surface area contributed by atoms with Crippen LogP contribution < -0.4 is 0 Å². The number of benzene rings is 7. The van der Waals surface area contributed by atoms with Crippen LogP contribution in [0.4, 0.5) is 0 Å². The molecule has 1 heteroatoms. The molecule has 7 aromatic carbocycles. The summed E-state index contributed by atoms with van der Waals surface area (Å²) in [6.07, 6.45) is 0. The molecule has 0 atom stereocenters. The molecule has 0 aliphatic carbocycles. The van der Waals surface area contributed by atoms with Crippen LogP contribution in [0.15, 0.2) is 150 Å². The van der Waals surface area contributed by atoms with E-state index in [1.807, 2.05) is 84.9 Å². The second-order valence-electron chi connectivity index (χ2n) is 9.40. The Morgan fingerprint density at radius 1 is 0.385 bits per heavy atom. The van der Waals surface area contributed by atoms with Crippen LogP contribution in [-0.2, 0) is 0 Å². The van der Waals surface area contributed by atoms with Gasteiger partial charge in [-0.1, -0.05) is 127 Å². The summed E-state index contributed by atoms with van der Waals surface area (Å²) in [6.45, 7) is 0. The molecule has 0 saturated heterocycles. The minimum absolute atomic E-state index is 0.0628. The first kappa shape index (κ1) is 14.7. The quantitative estimate of drug-likeness (QED) is 0.218. The van der Waals surface area contributed by atoms with E-state index in [2.05, 4.69) is 6.07 Å². The summed E-state index contributed by atoms with van der Waals surface area (Å²) in [5, 5.41) is 5.14. The molecule has 0 aliphatic rings. The molecule has 0 N–H and O–H groups in total. The number of hydrogen-bond donors (Lipinski definition) is 0. The van der Waals surface area contributed by atoms with Crippen LogP contribution in [0.1, 0.15) is 12.3 Å². The van der Waals surface area contributed by atoms with Gasteiger partial charge in [0.15, 0.2) is 0 Å². The van der Waals surface area contributed by atoms with Gasteiger partial charge in [-0.05, 0) is 73.1 Å². The Morgan fingerprint density at radius 3 is 1.51 bits per heavy atom. The third-order valence-corrected chi connectivity index (χ3v) is 7.22. The van der Waals surface area contributed by atoms with Crippen molar-refractivity contribution >= 4 is 43.5 Å². The van der Waals surface area contributed by atoms with Crippen LogP contribution in [-0.4, -0.2) is 0 Å². The third-order valence-electron chi connectivity index (χ3n) is 7.22. The van der Waals surface area contributed by atoms with E-state index in [1.165, 1.54) is 0 Å². The largest absolute Gasteiger partial charge is 0.456 e. The van der Waals surface area contributed by atoms with Crippen molar-refractivity contribution in [3.63, 3.8) is 0 Å². The molecule has 0 radical (unpaired) electrons. The standard InChI is InChI=1S/C38H24O/c1-2-10-25(11-3-1)26-18-20-27(21-19-26)37-31-13-4-6-15-33(31)38(34-16-7-5-14-32(34)37)28-22-23-30-29-12-8-9-17-35(29)39-36(30)24-28/h1-24H/i1D,2D,3D,10D,11D,18D,19D,20D,21D. The Balaban J connectivity index is 1.45. The molecule has 0 spiro atoms. The van der Waals surface area contributed by atoms with Crippen molar-refractivity contribution in [2.45, 2.75) is 0 Å². The Bertz CT molecular complexity index is 2560. The average Bonchev–Trinajstić information content (AvgIpc) is 3.48. The average molecular weight is 506 g/mol. The SMILES string of the molecule is [2H]c1c([2H])c([2H])c(-c2c([2H])c([2H])c(-c3c4ccccc4c(-c4ccc5c(c4)oc4ccccc45)c4ccccc34)c([2H])c2[2H])c([2H])c1[2H]. The van der Waals surface area contributed by atoms with Gasteiger partial charge in [0.1, 0.15) is 11.2 Å². The van der Waals surface area contributed by atoms with Crippen molar-refractivity contribution in [2.75, 3.05) is 0 Å². The zero-order valence-electron chi connectivity index (χ0n) is 29.6. The molecule has 1 aromatic heterocycles. The number of rotatable bonds is 3. The van der Waals surface area contributed by atoms with E-state index >= 15 is 0 Å². The monoisotopic (exact) mass is 505 g/mol. The Labute approximate surface area is 239 Å². The van der Waals surface area contributed by atoms with Gasteiger partial charge in [0.05, 0.1) is 12.3 Å². The highest BCUT2D eigenvalue weighted by molar-refractivity contribution is 6.22. The molecule has 1 nitrogen and oxygen atoms in total. The zero-order valence-corrected chi connectivity index (χ0v) is 20.6. The first-order valence-corrected chi connectivity index (χ1v) is 12.6. The van der Waals surface area contributed by atoms with Gasteiger partial charge >= 0.3 is 0 Å². The fourth-order valence-electron chi connectivity index (χ4n) is 5.53. The van der Waals surface area contributed by atoms with E-state index < -0.39 is 42.3 Å². The summed E-state index contributed by atoms with van der Waals surface area (Å²) in [5.74, 6) is 0. The van der Waals surface area contributed by atoms with Crippen molar-refractivity contribution in [3.8, 4) is 33.4 Å². The predicted octanol–water partition coefficient (Wildman–Crippen LogP) is 10.9. The lowest BCUT2D eigenvalue weighted by Crippen LogP contribution is -1.91. The molecular formula is C38H24O. The second-order valence-corrected chi connectivity index (χ2v) is 9.40. The normalized spacial score (nSPS) is 14.8. The first-order chi connectivity index (χ1) is 23.1. The van der Waals surface area contributed by atoms with Crippen LogP contribution in [0.3, 0.4) is 0 Å². The lowest BCUT2D eigenvalue weighted by atomic mass is 9.85. The van der Waals surface area contributed by atoms with Crippen molar-refractivity contribution in [3.05, 3.63) is 145 Å². The van der Waals surface area contributed by atoms with Crippen molar-refractivity contribution in [1.29, 1.82) is 0 Å². The molecule has 182 valence electrons. The zero-order chi connectivity index (χ0) is 33.6. The van der Waals surface area contributed by atoms with E-state index in [4.69, 9.17) is 14.0 Å². The van der Waals surface area contributed by atoms with Gasteiger partial charge in [0.25, 0.3) is 0 Å². The Kier molecular flexibility index (Phi) is 3.29. The van der Waals surface area contributed by atoms with Crippen LogP contribution in [0, 0.1) is 0 Å². The highest BCUT2D eigenvalue weighted by Crippen LogP contribution is 2.44. The molecule has 39 heavy (non-hydrogen) atoms. The fraction of sp³-hybridized carbons (Fsp3) is 0. The van der Waals surface area contributed by atoms with Crippen molar-refractivity contribution < 1.29 is 16.8 Å². The maximum Gasteiger partial charge on any atom is 0.136 e. The summed E-state index contributed by atoms with van der Waals surface area (Å²) >= 11 is 0. The predicted molar refractivity (Wildman–Crippen MR) is 165 cm³/mol. The summed E-state index contributed by atoms with van der Waals surface area (Å²) in [7, 11) is 0. The highest BCUT2D eigenvalue weighted by Gasteiger charge is 2.17. The molecule has 0 bridgehead atoms. The van der Waals surface area contributed by atoms with Gasteiger partial charge in [0, 0.05) is 10.8 Å². The van der Waals surface area contributed by atoms with Crippen LogP contribution in [0.5, 0.6) is 0 Å². The molecule has 0 saturated carbocycles. The molecule has 1 heterocycles. The third kappa shape index (κ3) is 3.48. The smallest absolute Gasteiger partial charge is 0.136 e. The minimum Gasteiger partial charge on any atom is -0.456 e. The summed E-state index contributed by atoms with van der Waals surface area (Å²) < 4.78 is 83.8. The molecule has 0 fully saturated rings. The van der Waals surface area contributed by atoms with Crippen LogP contribution in [0.25, 0.3) is 76.9 Å². The van der Waals surface area contributed by atoms with Gasteiger partial charge in [-0.3, -0.25) is 0 Å². The van der Waals surface area contributed by atoms with E-state index in [0.717, 1.165) is 43.8 Å². The highest BCUT2D eigenvalue weighted by atomic mass is 16.3. The Hall–Kier alpha value is -5.14. The van der Waals surface area contributed by atoms with Gasteiger partial charge in [0.2, 0.25) is 0 Å². The van der Waals surface area contributed by atoms with E-state index in [9.17, 15) is 2.74 Å². The number of fused-ring (bicyclic) bond motifs is 5. The van der Waals surface area contributed by atoms with Crippen LogP contribution >= 0.6 is 0 Å². The molecule has 0 aliphatic heterocycles. The van der Waals surface area contributed by atoms with Crippen LogP contribution in [0.2, 0.25) is 0 Å². The van der Waals surface area contributed by atoms with Gasteiger partial charge < -0.3 is 4.42 Å². The summed E-state index contributed by atoms with van der Waals surface area (Å²) in [5.41, 5.74) is 3.26. The van der Waals surface area contributed by atoms with Gasteiger partial charge in [-0.25, -0.2) is 0 Å². The lowest BCUT2D eigenvalue weighted by Gasteiger charge is -2.18. The van der Waals surface area contributed by atoms with E-state index in [0.29, 0.717) is 16.3 Å². The van der Waals surface area contributed by atoms with Gasteiger partial charge in [-0.15, -0.1) is 0 Å². The van der Waals surface area contributed by atoms with Crippen molar-refractivity contribution in [1.82, 2.24) is 0 Å². The maximum absolute atomic E-state index is 9.21. The molecular weight excluding hydrogens is 472 g/mol. The van der Waals surface area contributed by atoms with E-state index in [1.54, 1.807) is 0 Å². The summed E-state index contributed by atoms with van der Waals surface area (Å²) in [6, 6.07) is 24.6. The van der Waals surface area contributed by atoms with E-state index in [-0.39, 0.29) is 28.8 Å². The molecule has 8 aromatic rings. The fourth-order valence-corrected chi connectivity index (χ4v) is 5.53.